The number of hydrogen-bond donors (Lipinski definition) is 1. The van der Waals surface area contributed by atoms with Crippen LogP contribution in [0.5, 0.6) is 0 Å². The Bertz CT molecular complexity index is 947. The van der Waals surface area contributed by atoms with Crippen molar-refractivity contribution in [1.82, 2.24) is 14.8 Å². The lowest BCUT2D eigenvalue weighted by molar-refractivity contribution is -0.138. The number of halogens is 1. The van der Waals surface area contributed by atoms with Gasteiger partial charge in [0.2, 0.25) is 5.91 Å². The smallest absolute Gasteiger partial charge is 0.410 e. The highest BCUT2D eigenvalue weighted by Gasteiger charge is 2.34. The number of benzene rings is 1. The zero-order valence-electron chi connectivity index (χ0n) is 17.3. The number of H-pyrrole nitrogens is 1. The zero-order chi connectivity index (χ0) is 20.8. The van der Waals surface area contributed by atoms with E-state index in [2.05, 4.69) is 4.98 Å². The number of ether oxygens (including phenoxy) is 1. The molecule has 2 aromatic rings. The normalized spacial score (nSPS) is 19.9. The third kappa shape index (κ3) is 4.22. The van der Waals surface area contributed by atoms with Crippen LogP contribution >= 0.6 is 11.6 Å². The van der Waals surface area contributed by atoms with Crippen LogP contribution in [0.1, 0.15) is 44.9 Å². The minimum Gasteiger partial charge on any atom is -0.444 e. The molecule has 2 aliphatic heterocycles. The summed E-state index contributed by atoms with van der Waals surface area (Å²) in [4.78, 5) is 32.7. The monoisotopic (exact) mass is 417 g/mol. The first kappa shape index (κ1) is 20.1. The van der Waals surface area contributed by atoms with E-state index in [0.717, 1.165) is 35.7 Å². The van der Waals surface area contributed by atoms with Gasteiger partial charge in [-0.3, -0.25) is 4.79 Å². The Labute approximate surface area is 176 Å². The number of carbonyl (C=O) groups excluding carboxylic acids is 2. The number of amides is 2. The van der Waals surface area contributed by atoms with Gasteiger partial charge in [0.1, 0.15) is 5.60 Å². The molecule has 1 aromatic heterocycles. The summed E-state index contributed by atoms with van der Waals surface area (Å²) in [6, 6.07) is 5.83. The summed E-state index contributed by atoms with van der Waals surface area (Å²) in [6.07, 6.45) is 2.09. The minimum absolute atomic E-state index is 0.125. The summed E-state index contributed by atoms with van der Waals surface area (Å²) in [5, 5.41) is 1.78. The molecule has 3 heterocycles. The number of nitrogens with zero attached hydrogens (tertiary/aromatic N) is 2. The number of rotatable bonds is 1. The number of fused-ring (bicyclic) bond motifs is 3. The van der Waals surface area contributed by atoms with Gasteiger partial charge in [0, 0.05) is 59.8 Å². The molecule has 1 atom stereocenters. The molecule has 0 aliphatic carbocycles. The highest BCUT2D eigenvalue weighted by Crippen LogP contribution is 2.31. The number of carbonyl (C=O) groups is 2. The second-order valence-corrected chi connectivity index (χ2v) is 9.48. The first-order valence-electron chi connectivity index (χ1n) is 10.3. The van der Waals surface area contributed by atoms with Gasteiger partial charge in [0.25, 0.3) is 0 Å². The number of piperidine rings is 1. The standard InChI is InChI=1S/C22H28ClN3O3/c1-22(2,3)29-21(28)26-9-4-5-14(12-26)20(27)25-10-8-19-17(13-25)16-11-15(23)6-7-18(16)24-19/h6-7,11,14,24H,4-5,8-10,12-13H2,1-3H3. The lowest BCUT2D eigenvalue weighted by Crippen LogP contribution is -2.48. The fourth-order valence-corrected chi connectivity index (χ4v) is 4.48. The van der Waals surface area contributed by atoms with E-state index in [-0.39, 0.29) is 17.9 Å². The molecule has 0 spiro atoms. The van der Waals surface area contributed by atoms with Crippen molar-refractivity contribution in [1.29, 1.82) is 0 Å². The van der Waals surface area contributed by atoms with E-state index in [9.17, 15) is 9.59 Å². The van der Waals surface area contributed by atoms with Crippen molar-refractivity contribution >= 4 is 34.5 Å². The van der Waals surface area contributed by atoms with E-state index in [1.807, 2.05) is 43.9 Å². The summed E-state index contributed by atoms with van der Waals surface area (Å²) in [5.74, 6) is -0.0492. The fraction of sp³-hybridized carbons (Fsp3) is 0.545. The third-order valence-electron chi connectivity index (χ3n) is 5.67. The molecule has 1 unspecified atom stereocenters. The molecule has 1 N–H and O–H groups in total. The molecule has 0 bridgehead atoms. The summed E-state index contributed by atoms with van der Waals surface area (Å²) in [6.45, 7) is 7.91. The SMILES string of the molecule is CC(C)(C)OC(=O)N1CCCC(C(=O)N2CCc3[nH]c4ccc(Cl)cc4c3C2)C1. The van der Waals surface area contributed by atoms with E-state index in [4.69, 9.17) is 16.3 Å². The third-order valence-corrected chi connectivity index (χ3v) is 5.91. The lowest BCUT2D eigenvalue weighted by Gasteiger charge is -2.36. The summed E-state index contributed by atoms with van der Waals surface area (Å²) in [7, 11) is 0. The van der Waals surface area contributed by atoms with Gasteiger partial charge in [-0.25, -0.2) is 4.79 Å². The van der Waals surface area contributed by atoms with Crippen molar-refractivity contribution in [3.05, 3.63) is 34.5 Å². The lowest BCUT2D eigenvalue weighted by atomic mass is 9.95. The number of nitrogens with one attached hydrogen (secondary N) is 1. The Morgan fingerprint density at radius 2 is 2.00 bits per heavy atom. The van der Waals surface area contributed by atoms with Gasteiger partial charge in [-0.1, -0.05) is 11.6 Å². The van der Waals surface area contributed by atoms with Crippen LogP contribution in [-0.4, -0.2) is 52.0 Å². The van der Waals surface area contributed by atoms with Crippen molar-refractivity contribution in [2.45, 2.75) is 52.2 Å². The molecular formula is C22H28ClN3O3. The number of aromatic amines is 1. The molecular weight excluding hydrogens is 390 g/mol. The van der Waals surface area contributed by atoms with Gasteiger partial charge in [0.05, 0.1) is 5.92 Å². The first-order valence-corrected chi connectivity index (χ1v) is 10.6. The van der Waals surface area contributed by atoms with Crippen LogP contribution in [-0.2, 0) is 22.5 Å². The molecule has 0 saturated carbocycles. The molecule has 1 saturated heterocycles. The van der Waals surface area contributed by atoms with Crippen LogP contribution in [0.4, 0.5) is 4.79 Å². The van der Waals surface area contributed by atoms with Crippen molar-refractivity contribution in [3.8, 4) is 0 Å². The van der Waals surface area contributed by atoms with Gasteiger partial charge in [0.15, 0.2) is 0 Å². The summed E-state index contributed by atoms with van der Waals surface area (Å²) < 4.78 is 5.49. The van der Waals surface area contributed by atoms with Gasteiger partial charge >= 0.3 is 6.09 Å². The molecule has 2 amide bonds. The Balaban J connectivity index is 1.47. The van der Waals surface area contributed by atoms with E-state index >= 15 is 0 Å². The van der Waals surface area contributed by atoms with Crippen molar-refractivity contribution < 1.29 is 14.3 Å². The topological polar surface area (TPSA) is 65.6 Å². The Hall–Kier alpha value is -2.21. The second kappa shape index (κ2) is 7.56. The maximum absolute atomic E-state index is 13.3. The number of likely N-dealkylation sites (tertiary alicyclic amines) is 1. The van der Waals surface area contributed by atoms with Crippen LogP contribution < -0.4 is 0 Å². The minimum atomic E-state index is -0.534. The molecule has 1 aromatic carbocycles. The zero-order valence-corrected chi connectivity index (χ0v) is 18.0. The van der Waals surface area contributed by atoms with Crippen LogP contribution in [0.3, 0.4) is 0 Å². The fourth-order valence-electron chi connectivity index (χ4n) is 4.30. The van der Waals surface area contributed by atoms with E-state index in [1.165, 1.54) is 5.69 Å². The highest BCUT2D eigenvalue weighted by molar-refractivity contribution is 6.31. The molecule has 156 valence electrons. The summed E-state index contributed by atoms with van der Waals surface area (Å²) >= 11 is 6.19. The van der Waals surface area contributed by atoms with Crippen LogP contribution in [0.25, 0.3) is 10.9 Å². The molecule has 29 heavy (non-hydrogen) atoms. The molecule has 2 aliphatic rings. The first-order chi connectivity index (χ1) is 13.7. The predicted molar refractivity (Wildman–Crippen MR) is 113 cm³/mol. The van der Waals surface area contributed by atoms with Crippen LogP contribution in [0.2, 0.25) is 5.02 Å². The summed E-state index contributed by atoms with van der Waals surface area (Å²) in [5.41, 5.74) is 2.86. The van der Waals surface area contributed by atoms with Crippen molar-refractivity contribution in [3.63, 3.8) is 0 Å². The molecule has 4 rings (SSSR count). The van der Waals surface area contributed by atoms with Crippen molar-refractivity contribution in [2.75, 3.05) is 19.6 Å². The second-order valence-electron chi connectivity index (χ2n) is 9.05. The van der Waals surface area contributed by atoms with Gasteiger partial charge < -0.3 is 19.5 Å². The molecule has 1 fully saturated rings. The predicted octanol–water partition coefficient (Wildman–Crippen LogP) is 4.35. The Morgan fingerprint density at radius 1 is 1.21 bits per heavy atom. The van der Waals surface area contributed by atoms with Crippen LogP contribution in [0, 0.1) is 5.92 Å². The average molecular weight is 418 g/mol. The average Bonchev–Trinajstić information content (AvgIpc) is 3.03. The van der Waals surface area contributed by atoms with Gasteiger partial charge in [-0.2, -0.15) is 0 Å². The highest BCUT2D eigenvalue weighted by atomic mass is 35.5. The molecule has 6 nitrogen and oxygen atoms in total. The molecule has 7 heteroatoms. The molecule has 0 radical (unpaired) electrons. The van der Waals surface area contributed by atoms with Gasteiger partial charge in [-0.05, 0) is 51.8 Å². The number of hydrogen-bond acceptors (Lipinski definition) is 3. The van der Waals surface area contributed by atoms with Gasteiger partial charge in [-0.15, -0.1) is 0 Å². The number of aromatic nitrogens is 1. The maximum Gasteiger partial charge on any atom is 0.410 e. The van der Waals surface area contributed by atoms with E-state index in [1.54, 1.807) is 4.90 Å². The quantitative estimate of drug-likeness (QED) is 0.749. The maximum atomic E-state index is 13.3. The van der Waals surface area contributed by atoms with E-state index in [0.29, 0.717) is 31.2 Å². The Morgan fingerprint density at radius 3 is 2.76 bits per heavy atom. The Kier molecular flexibility index (Phi) is 5.23. The van der Waals surface area contributed by atoms with Crippen molar-refractivity contribution in [2.24, 2.45) is 5.92 Å². The largest absolute Gasteiger partial charge is 0.444 e. The van der Waals surface area contributed by atoms with E-state index < -0.39 is 5.60 Å². The van der Waals surface area contributed by atoms with Crippen LogP contribution in [0.15, 0.2) is 18.2 Å².